The number of aliphatic carboxylic acids is 1. The molecule has 126 valence electrons. The van der Waals surface area contributed by atoms with Crippen LogP contribution in [0.3, 0.4) is 0 Å². The molecule has 0 saturated heterocycles. The molecule has 2 aromatic rings. The molecule has 0 fully saturated rings. The van der Waals surface area contributed by atoms with Gasteiger partial charge in [0.25, 0.3) is 0 Å². The third kappa shape index (κ3) is 3.22. The maximum atomic E-state index is 11.1. The smallest absolute Gasteiger partial charge is 0.304 e. The normalized spacial score (nSPS) is 18.4. The standard InChI is InChI=1S/C22H21NO2/c24-22(25)13-19-14-23-21-11-10-18(12-20(19)21)17-8-6-16(7-9-17)15-4-2-1-3-5-15/h2,4-12,19,23H,1,3,13-14H2,(H,24,25). The number of carboxylic acids is 1. The number of benzene rings is 2. The Morgan fingerprint density at radius 3 is 2.52 bits per heavy atom. The summed E-state index contributed by atoms with van der Waals surface area (Å²) in [6.45, 7) is 0.699. The highest BCUT2D eigenvalue weighted by Gasteiger charge is 2.24. The number of anilines is 1. The van der Waals surface area contributed by atoms with Gasteiger partial charge in [-0.05, 0) is 52.8 Å². The first kappa shape index (κ1) is 15.7. The van der Waals surface area contributed by atoms with Crippen LogP contribution in [0.25, 0.3) is 16.7 Å². The zero-order valence-corrected chi connectivity index (χ0v) is 14.0. The molecule has 0 spiro atoms. The summed E-state index contributed by atoms with van der Waals surface area (Å²) in [7, 11) is 0. The van der Waals surface area contributed by atoms with Crippen LogP contribution in [0.5, 0.6) is 0 Å². The molecule has 2 aliphatic rings. The third-order valence-corrected chi connectivity index (χ3v) is 5.00. The molecule has 0 saturated carbocycles. The van der Waals surface area contributed by atoms with Crippen LogP contribution in [0.15, 0.2) is 60.7 Å². The van der Waals surface area contributed by atoms with Gasteiger partial charge in [0.1, 0.15) is 0 Å². The van der Waals surface area contributed by atoms with E-state index in [0.717, 1.165) is 35.2 Å². The summed E-state index contributed by atoms with van der Waals surface area (Å²) < 4.78 is 0. The molecule has 2 aromatic carbocycles. The predicted molar refractivity (Wildman–Crippen MR) is 102 cm³/mol. The molecule has 1 aliphatic heterocycles. The van der Waals surface area contributed by atoms with E-state index in [9.17, 15) is 4.79 Å². The SMILES string of the molecule is O=C(O)CC1CNc2ccc(-c3ccc(C4=CCCC=C4)cc3)cc21. The van der Waals surface area contributed by atoms with Crippen molar-refractivity contribution in [1.82, 2.24) is 0 Å². The Kier molecular flexibility index (Phi) is 4.14. The number of carbonyl (C=O) groups is 1. The average molecular weight is 331 g/mol. The minimum absolute atomic E-state index is 0.0456. The summed E-state index contributed by atoms with van der Waals surface area (Å²) in [5.74, 6) is -0.701. The van der Waals surface area contributed by atoms with Crippen molar-refractivity contribution in [2.24, 2.45) is 0 Å². The molecule has 0 radical (unpaired) electrons. The predicted octanol–water partition coefficient (Wildman–Crippen LogP) is 5.07. The van der Waals surface area contributed by atoms with Crippen LogP contribution in [0.1, 0.15) is 36.3 Å². The van der Waals surface area contributed by atoms with E-state index in [0.29, 0.717) is 6.54 Å². The lowest BCUT2D eigenvalue weighted by Gasteiger charge is -2.11. The lowest BCUT2D eigenvalue weighted by atomic mass is 9.93. The molecular formula is C22H21NO2. The molecule has 3 nitrogen and oxygen atoms in total. The van der Waals surface area contributed by atoms with Crippen LogP contribution in [0.4, 0.5) is 5.69 Å². The molecular weight excluding hydrogens is 310 g/mol. The maximum absolute atomic E-state index is 11.1. The van der Waals surface area contributed by atoms with Crippen LogP contribution < -0.4 is 5.32 Å². The van der Waals surface area contributed by atoms with Crippen molar-refractivity contribution in [1.29, 1.82) is 0 Å². The van der Waals surface area contributed by atoms with Gasteiger partial charge in [0.05, 0.1) is 6.42 Å². The van der Waals surface area contributed by atoms with Crippen molar-refractivity contribution in [3.63, 3.8) is 0 Å². The molecule has 0 bridgehead atoms. The number of fused-ring (bicyclic) bond motifs is 1. The summed E-state index contributed by atoms with van der Waals surface area (Å²) in [6, 6.07) is 14.9. The Bertz CT molecular complexity index is 862. The summed E-state index contributed by atoms with van der Waals surface area (Å²) >= 11 is 0. The minimum atomic E-state index is -0.747. The topological polar surface area (TPSA) is 49.3 Å². The lowest BCUT2D eigenvalue weighted by molar-refractivity contribution is -0.137. The highest BCUT2D eigenvalue weighted by molar-refractivity contribution is 5.78. The van der Waals surface area contributed by atoms with Crippen LogP contribution in [-0.2, 0) is 4.79 Å². The van der Waals surface area contributed by atoms with Crippen molar-refractivity contribution >= 4 is 17.2 Å². The van der Waals surface area contributed by atoms with Gasteiger partial charge >= 0.3 is 5.97 Å². The number of carboxylic acid groups (broad SMARTS) is 1. The molecule has 1 heterocycles. The van der Waals surface area contributed by atoms with E-state index in [1.165, 1.54) is 11.1 Å². The molecule has 1 atom stereocenters. The molecule has 0 aromatic heterocycles. The Balaban J connectivity index is 1.61. The zero-order chi connectivity index (χ0) is 17.2. The quantitative estimate of drug-likeness (QED) is 0.822. The van der Waals surface area contributed by atoms with Crippen molar-refractivity contribution < 1.29 is 9.90 Å². The molecule has 0 amide bonds. The molecule has 2 N–H and O–H groups in total. The van der Waals surface area contributed by atoms with E-state index in [1.54, 1.807) is 0 Å². The Labute approximate surface area is 147 Å². The number of allylic oxidation sites excluding steroid dienone is 4. The number of nitrogens with one attached hydrogen (secondary N) is 1. The second kappa shape index (κ2) is 6.60. The fourth-order valence-corrected chi connectivity index (χ4v) is 3.66. The van der Waals surface area contributed by atoms with Crippen molar-refractivity contribution in [2.45, 2.75) is 25.2 Å². The summed E-state index contributed by atoms with van der Waals surface area (Å²) in [5.41, 5.74) is 7.00. The minimum Gasteiger partial charge on any atom is -0.481 e. The van der Waals surface area contributed by atoms with Gasteiger partial charge in [0.15, 0.2) is 0 Å². The molecule has 1 aliphatic carbocycles. The fourth-order valence-electron chi connectivity index (χ4n) is 3.66. The van der Waals surface area contributed by atoms with Crippen LogP contribution in [0.2, 0.25) is 0 Å². The van der Waals surface area contributed by atoms with Gasteiger partial charge in [-0.2, -0.15) is 0 Å². The number of hydrogen-bond donors (Lipinski definition) is 2. The lowest BCUT2D eigenvalue weighted by Crippen LogP contribution is -2.08. The summed E-state index contributed by atoms with van der Waals surface area (Å²) in [4.78, 5) is 11.1. The number of rotatable bonds is 4. The largest absolute Gasteiger partial charge is 0.481 e. The Morgan fingerprint density at radius 1 is 1.04 bits per heavy atom. The summed E-state index contributed by atoms with van der Waals surface area (Å²) in [5, 5.41) is 12.4. The second-order valence-electron chi connectivity index (χ2n) is 6.69. The van der Waals surface area contributed by atoms with E-state index in [4.69, 9.17) is 5.11 Å². The Hall–Kier alpha value is -2.81. The van der Waals surface area contributed by atoms with Crippen molar-refractivity contribution in [2.75, 3.05) is 11.9 Å². The van der Waals surface area contributed by atoms with Crippen molar-refractivity contribution in [3.05, 3.63) is 71.8 Å². The molecule has 25 heavy (non-hydrogen) atoms. The van der Waals surface area contributed by atoms with E-state index in [1.807, 2.05) is 0 Å². The van der Waals surface area contributed by atoms with Gasteiger partial charge in [0, 0.05) is 18.2 Å². The van der Waals surface area contributed by atoms with Gasteiger partial charge < -0.3 is 10.4 Å². The molecule has 3 heteroatoms. The van der Waals surface area contributed by atoms with E-state index in [-0.39, 0.29) is 12.3 Å². The monoisotopic (exact) mass is 331 g/mol. The molecule has 1 unspecified atom stereocenters. The first-order valence-electron chi connectivity index (χ1n) is 8.78. The maximum Gasteiger partial charge on any atom is 0.304 e. The van der Waals surface area contributed by atoms with Crippen molar-refractivity contribution in [3.8, 4) is 11.1 Å². The summed E-state index contributed by atoms with van der Waals surface area (Å²) in [6.07, 6.45) is 9.10. The van der Waals surface area contributed by atoms with Crippen LogP contribution >= 0.6 is 0 Å². The zero-order valence-electron chi connectivity index (χ0n) is 14.0. The van der Waals surface area contributed by atoms with E-state index < -0.39 is 5.97 Å². The van der Waals surface area contributed by atoms with Crippen LogP contribution in [-0.4, -0.2) is 17.6 Å². The van der Waals surface area contributed by atoms with Gasteiger partial charge in [-0.25, -0.2) is 0 Å². The van der Waals surface area contributed by atoms with Gasteiger partial charge in [-0.15, -0.1) is 0 Å². The van der Waals surface area contributed by atoms with Gasteiger partial charge in [-0.3, -0.25) is 4.79 Å². The van der Waals surface area contributed by atoms with E-state index in [2.05, 4.69) is 66.0 Å². The van der Waals surface area contributed by atoms with Gasteiger partial charge in [0.2, 0.25) is 0 Å². The van der Waals surface area contributed by atoms with Crippen LogP contribution in [0, 0.1) is 0 Å². The fraction of sp³-hybridized carbons (Fsp3) is 0.227. The number of hydrogen-bond acceptors (Lipinski definition) is 2. The highest BCUT2D eigenvalue weighted by atomic mass is 16.4. The van der Waals surface area contributed by atoms with E-state index >= 15 is 0 Å². The Morgan fingerprint density at radius 2 is 1.80 bits per heavy atom. The molecule has 4 rings (SSSR count). The average Bonchev–Trinajstić information content (AvgIpc) is 3.04. The second-order valence-corrected chi connectivity index (χ2v) is 6.69. The highest BCUT2D eigenvalue weighted by Crippen LogP contribution is 2.37. The first-order chi connectivity index (χ1) is 12.2. The first-order valence-corrected chi connectivity index (χ1v) is 8.78. The third-order valence-electron chi connectivity index (χ3n) is 5.00. The van der Waals surface area contributed by atoms with Gasteiger partial charge in [-0.1, -0.05) is 48.6 Å².